The fourth-order valence-corrected chi connectivity index (χ4v) is 3.85. The summed E-state index contributed by atoms with van der Waals surface area (Å²) in [5.41, 5.74) is 0.183. The molecule has 2 heterocycles. The third kappa shape index (κ3) is 3.53. The smallest absolute Gasteiger partial charge is 0.264 e. The molecule has 1 aliphatic rings. The lowest BCUT2D eigenvalue weighted by molar-refractivity contribution is -0.136. The molecular formula is C22H16Cl2N2O3. The first-order valence-electron chi connectivity index (χ1n) is 8.91. The van der Waals surface area contributed by atoms with Gasteiger partial charge in [-0.2, -0.15) is 0 Å². The SMILES string of the molecule is O=C(C[C@@]1(O)C(=O)N(Cc2ccc(Cl)c(Cl)c2)c2ccccc21)c1ccncc1. The lowest BCUT2D eigenvalue weighted by Gasteiger charge is -2.23. The van der Waals surface area contributed by atoms with Gasteiger partial charge in [0.15, 0.2) is 11.4 Å². The second-order valence-corrected chi connectivity index (χ2v) is 7.67. The van der Waals surface area contributed by atoms with Crippen LogP contribution in [-0.4, -0.2) is 21.8 Å². The van der Waals surface area contributed by atoms with Crippen LogP contribution in [0.1, 0.15) is 27.9 Å². The number of carbonyl (C=O) groups is 2. The Morgan fingerprint density at radius 1 is 1.03 bits per heavy atom. The lowest BCUT2D eigenvalue weighted by Crippen LogP contribution is -2.41. The zero-order valence-corrected chi connectivity index (χ0v) is 16.7. The highest BCUT2D eigenvalue weighted by molar-refractivity contribution is 6.42. The first-order valence-corrected chi connectivity index (χ1v) is 9.67. The predicted molar refractivity (Wildman–Crippen MR) is 111 cm³/mol. The molecule has 0 saturated carbocycles. The van der Waals surface area contributed by atoms with Gasteiger partial charge in [0.25, 0.3) is 5.91 Å². The number of aromatic nitrogens is 1. The normalized spacial score (nSPS) is 18.0. The van der Waals surface area contributed by atoms with E-state index in [0.717, 1.165) is 5.56 Å². The molecule has 0 bridgehead atoms. The Labute approximate surface area is 177 Å². The fourth-order valence-electron chi connectivity index (χ4n) is 3.53. The molecule has 4 rings (SSSR count). The van der Waals surface area contributed by atoms with Crippen LogP contribution in [-0.2, 0) is 16.9 Å². The van der Waals surface area contributed by atoms with Crippen LogP contribution < -0.4 is 4.90 Å². The van der Waals surface area contributed by atoms with E-state index in [4.69, 9.17) is 23.2 Å². The van der Waals surface area contributed by atoms with Gasteiger partial charge in [-0.1, -0.05) is 47.5 Å². The zero-order valence-electron chi connectivity index (χ0n) is 15.2. The number of anilines is 1. The Balaban J connectivity index is 1.68. The second kappa shape index (κ2) is 7.59. The van der Waals surface area contributed by atoms with Gasteiger partial charge in [0.1, 0.15) is 0 Å². The van der Waals surface area contributed by atoms with Gasteiger partial charge < -0.3 is 10.0 Å². The Morgan fingerprint density at radius 2 is 1.76 bits per heavy atom. The van der Waals surface area contributed by atoms with Gasteiger partial charge in [-0.05, 0) is 35.9 Å². The van der Waals surface area contributed by atoms with Gasteiger partial charge >= 0.3 is 0 Å². The summed E-state index contributed by atoms with van der Waals surface area (Å²) in [6, 6.07) is 15.2. The number of rotatable bonds is 5. The first-order chi connectivity index (χ1) is 13.9. The van der Waals surface area contributed by atoms with Gasteiger partial charge in [-0.25, -0.2) is 0 Å². The fraction of sp³-hybridized carbons (Fsp3) is 0.136. The second-order valence-electron chi connectivity index (χ2n) is 6.85. The first kappa shape index (κ1) is 19.6. The van der Waals surface area contributed by atoms with E-state index in [0.29, 0.717) is 26.9 Å². The van der Waals surface area contributed by atoms with Crippen LogP contribution >= 0.6 is 23.2 Å². The van der Waals surface area contributed by atoms with Crippen molar-refractivity contribution in [1.82, 2.24) is 4.98 Å². The zero-order chi connectivity index (χ0) is 20.6. The highest BCUT2D eigenvalue weighted by Crippen LogP contribution is 2.43. The summed E-state index contributed by atoms with van der Waals surface area (Å²) in [6.45, 7) is 0.193. The average Bonchev–Trinajstić information content (AvgIpc) is 2.93. The number of hydrogen-bond donors (Lipinski definition) is 1. The molecule has 0 aliphatic carbocycles. The molecule has 0 spiro atoms. The number of carbonyl (C=O) groups excluding carboxylic acids is 2. The molecule has 0 radical (unpaired) electrons. The Hall–Kier alpha value is -2.73. The number of halogens is 2. The van der Waals surface area contributed by atoms with Crippen LogP contribution in [0.5, 0.6) is 0 Å². The summed E-state index contributed by atoms with van der Waals surface area (Å²) < 4.78 is 0. The summed E-state index contributed by atoms with van der Waals surface area (Å²) in [4.78, 5) is 31.3. The number of benzene rings is 2. The summed E-state index contributed by atoms with van der Waals surface area (Å²) in [5, 5.41) is 12.1. The number of para-hydroxylation sites is 1. The van der Waals surface area contributed by atoms with E-state index < -0.39 is 11.5 Å². The van der Waals surface area contributed by atoms with E-state index >= 15 is 0 Å². The number of hydrogen-bond acceptors (Lipinski definition) is 4. The minimum absolute atomic E-state index is 0.193. The predicted octanol–water partition coefficient (Wildman–Crippen LogP) is 4.40. The number of pyridine rings is 1. The number of nitrogens with zero attached hydrogens (tertiary/aromatic N) is 2. The minimum atomic E-state index is -1.94. The van der Waals surface area contributed by atoms with Crippen LogP contribution in [0.2, 0.25) is 10.0 Å². The molecule has 0 fully saturated rings. The molecule has 0 saturated heterocycles. The third-order valence-electron chi connectivity index (χ3n) is 4.98. The van der Waals surface area contributed by atoms with Crippen molar-refractivity contribution >= 4 is 40.6 Å². The summed E-state index contributed by atoms with van der Waals surface area (Å²) in [6.07, 6.45) is 2.64. The maximum Gasteiger partial charge on any atom is 0.264 e. The largest absolute Gasteiger partial charge is 0.375 e. The van der Waals surface area contributed by atoms with Crippen molar-refractivity contribution in [1.29, 1.82) is 0 Å². The molecule has 1 atom stereocenters. The molecule has 1 aromatic heterocycles. The number of aliphatic hydroxyl groups is 1. The molecule has 5 nitrogen and oxygen atoms in total. The topological polar surface area (TPSA) is 70.5 Å². The van der Waals surface area contributed by atoms with E-state index in [-0.39, 0.29) is 18.7 Å². The summed E-state index contributed by atoms with van der Waals surface area (Å²) >= 11 is 12.1. The molecule has 1 N–H and O–H groups in total. The molecule has 1 aliphatic heterocycles. The van der Waals surface area contributed by atoms with Crippen molar-refractivity contribution < 1.29 is 14.7 Å². The highest BCUT2D eigenvalue weighted by Gasteiger charge is 2.50. The number of Topliss-reactive ketones (excluding diaryl/α,β-unsaturated/α-hetero) is 1. The minimum Gasteiger partial charge on any atom is -0.375 e. The van der Waals surface area contributed by atoms with Gasteiger partial charge in [0, 0.05) is 23.5 Å². The van der Waals surface area contributed by atoms with E-state index in [2.05, 4.69) is 4.98 Å². The van der Waals surface area contributed by atoms with Crippen molar-refractivity contribution in [3.63, 3.8) is 0 Å². The Bertz CT molecular complexity index is 1100. The standard InChI is InChI=1S/C22H16Cl2N2O3/c23-17-6-5-14(11-18(17)24)13-26-19-4-2-1-3-16(19)22(29,21(26)28)12-20(27)15-7-9-25-10-8-15/h1-11,29H,12-13H2/t22-/m0/s1. The van der Waals surface area contributed by atoms with E-state index in [9.17, 15) is 14.7 Å². The van der Waals surface area contributed by atoms with Crippen molar-refractivity contribution in [2.45, 2.75) is 18.6 Å². The van der Waals surface area contributed by atoms with Gasteiger partial charge in [-0.3, -0.25) is 14.6 Å². The van der Waals surface area contributed by atoms with Crippen LogP contribution in [0.4, 0.5) is 5.69 Å². The molecule has 2 aromatic carbocycles. The molecule has 1 amide bonds. The van der Waals surface area contributed by atoms with E-state index in [1.807, 2.05) is 0 Å². The van der Waals surface area contributed by atoms with Gasteiger partial charge in [0.2, 0.25) is 0 Å². The van der Waals surface area contributed by atoms with E-state index in [1.165, 1.54) is 17.3 Å². The summed E-state index contributed by atoms with van der Waals surface area (Å²) in [5.74, 6) is -0.887. The molecule has 146 valence electrons. The molecular weight excluding hydrogens is 411 g/mol. The van der Waals surface area contributed by atoms with Gasteiger partial charge in [-0.15, -0.1) is 0 Å². The van der Waals surface area contributed by atoms with Crippen LogP contribution in [0.3, 0.4) is 0 Å². The highest BCUT2D eigenvalue weighted by atomic mass is 35.5. The molecule has 29 heavy (non-hydrogen) atoms. The van der Waals surface area contributed by atoms with Crippen molar-refractivity contribution in [2.24, 2.45) is 0 Å². The molecule has 3 aromatic rings. The number of amides is 1. The number of fused-ring (bicyclic) bond motifs is 1. The van der Waals surface area contributed by atoms with Crippen molar-refractivity contribution in [3.8, 4) is 0 Å². The third-order valence-corrected chi connectivity index (χ3v) is 5.72. The maximum absolute atomic E-state index is 13.3. The van der Waals surface area contributed by atoms with Gasteiger partial charge in [0.05, 0.1) is 28.7 Å². The van der Waals surface area contributed by atoms with Crippen molar-refractivity contribution in [2.75, 3.05) is 4.90 Å². The Kier molecular flexibility index (Phi) is 5.13. The monoisotopic (exact) mass is 426 g/mol. The maximum atomic E-state index is 13.3. The van der Waals surface area contributed by atoms with Crippen LogP contribution in [0.25, 0.3) is 0 Å². The van der Waals surface area contributed by atoms with Crippen LogP contribution in [0.15, 0.2) is 67.0 Å². The molecule has 7 heteroatoms. The number of ketones is 1. The average molecular weight is 427 g/mol. The quantitative estimate of drug-likeness (QED) is 0.613. The van der Waals surface area contributed by atoms with E-state index in [1.54, 1.807) is 54.6 Å². The summed E-state index contributed by atoms with van der Waals surface area (Å²) in [7, 11) is 0. The van der Waals surface area contributed by atoms with Crippen molar-refractivity contribution in [3.05, 3.63) is 93.7 Å². The molecule has 0 unspecified atom stereocenters. The van der Waals surface area contributed by atoms with Crippen LogP contribution in [0, 0.1) is 0 Å². The lowest BCUT2D eigenvalue weighted by atomic mass is 9.88. The Morgan fingerprint density at radius 3 is 2.48 bits per heavy atom.